The lowest BCUT2D eigenvalue weighted by atomic mass is 9.95. The molecule has 1 aliphatic heterocycles. The fourth-order valence-electron chi connectivity index (χ4n) is 4.17. The zero-order valence-electron chi connectivity index (χ0n) is 20.0. The van der Waals surface area contributed by atoms with Crippen LogP contribution < -0.4 is 5.32 Å². The summed E-state index contributed by atoms with van der Waals surface area (Å²) in [5, 5.41) is 2.90. The first kappa shape index (κ1) is 24.7. The molecule has 1 aliphatic rings. The number of nitrogens with zero attached hydrogens (tertiary/aromatic N) is 2. The molecule has 1 atom stereocenters. The molecule has 0 aliphatic carbocycles. The van der Waals surface area contributed by atoms with E-state index >= 15 is 0 Å². The molecule has 4 rings (SSSR count). The van der Waals surface area contributed by atoms with Gasteiger partial charge in [-0.2, -0.15) is 4.31 Å². The van der Waals surface area contributed by atoms with Crippen LogP contribution >= 0.6 is 0 Å². The molecule has 3 aromatic rings. The maximum Gasteiger partial charge on any atom is 0.247 e. The lowest BCUT2D eigenvalue weighted by molar-refractivity contribution is -0.154. The van der Waals surface area contributed by atoms with E-state index in [1.54, 1.807) is 44.2 Å². The first-order chi connectivity index (χ1) is 16.6. The van der Waals surface area contributed by atoms with Crippen molar-refractivity contribution in [3.8, 4) is 0 Å². The third-order valence-corrected chi connectivity index (χ3v) is 8.05. The number of benzene rings is 2. The molecule has 2 heterocycles. The van der Waals surface area contributed by atoms with Gasteiger partial charge in [-0.15, -0.1) is 0 Å². The van der Waals surface area contributed by atoms with Crippen LogP contribution in [0, 0.1) is 13.8 Å². The smallest absolute Gasteiger partial charge is 0.247 e. The molecule has 1 aromatic heterocycles. The van der Waals surface area contributed by atoms with Crippen LogP contribution in [-0.2, 0) is 32.7 Å². The molecule has 184 valence electrons. The van der Waals surface area contributed by atoms with Gasteiger partial charge in [0.1, 0.15) is 17.1 Å². The molecule has 0 radical (unpaired) electrons. The number of hydrogen-bond donors (Lipinski definition) is 1. The van der Waals surface area contributed by atoms with Crippen molar-refractivity contribution in [1.82, 2.24) is 14.5 Å². The van der Waals surface area contributed by atoms with Crippen molar-refractivity contribution in [1.29, 1.82) is 0 Å². The summed E-state index contributed by atoms with van der Waals surface area (Å²) in [7, 11) is -3.98. The quantitative estimate of drug-likeness (QED) is 0.543. The Labute approximate surface area is 205 Å². The van der Waals surface area contributed by atoms with Crippen LogP contribution in [0.2, 0.25) is 0 Å². The Morgan fingerprint density at radius 3 is 2.34 bits per heavy atom. The maximum atomic E-state index is 13.6. The molecule has 0 saturated carbocycles. The van der Waals surface area contributed by atoms with E-state index in [0.717, 1.165) is 15.4 Å². The van der Waals surface area contributed by atoms with Crippen LogP contribution in [0.4, 0.5) is 0 Å². The summed E-state index contributed by atoms with van der Waals surface area (Å²) in [6, 6.07) is 19.2. The van der Waals surface area contributed by atoms with Gasteiger partial charge in [-0.3, -0.25) is 9.59 Å². The SMILES string of the molecule is Cc1ccc(CNC(=O)C2(C)CN(S(=O)(=O)c3ccccc3)CC(=O)N2Cc2ccc(C)o2)cc1. The normalized spacial score (nSPS) is 19.1. The molecule has 1 saturated heterocycles. The van der Waals surface area contributed by atoms with Crippen molar-refractivity contribution < 1.29 is 22.4 Å². The highest BCUT2D eigenvalue weighted by Gasteiger charge is 2.50. The molecular formula is C26H29N3O5S. The van der Waals surface area contributed by atoms with Crippen LogP contribution in [0.15, 0.2) is 76.0 Å². The molecule has 1 N–H and O–H groups in total. The summed E-state index contributed by atoms with van der Waals surface area (Å²) in [5.41, 5.74) is 0.547. The average Bonchev–Trinajstić information content (AvgIpc) is 3.26. The molecule has 8 nitrogen and oxygen atoms in total. The number of amides is 2. The summed E-state index contributed by atoms with van der Waals surface area (Å²) < 4.78 is 33.4. The first-order valence-corrected chi connectivity index (χ1v) is 12.8. The second kappa shape index (κ2) is 9.67. The standard InChI is InChI=1S/C26H29N3O5S/c1-19-9-12-21(13-10-19)15-27-25(31)26(3)18-28(35(32,33)23-7-5-4-6-8-23)17-24(30)29(26)16-22-14-11-20(2)34-22/h4-14H,15-18H2,1-3H3,(H,27,31). The second-order valence-corrected chi connectivity index (χ2v) is 11.0. The number of hydrogen-bond acceptors (Lipinski definition) is 5. The molecule has 2 aromatic carbocycles. The number of nitrogens with one attached hydrogen (secondary N) is 1. The number of carbonyl (C=O) groups excluding carboxylic acids is 2. The van der Waals surface area contributed by atoms with Crippen LogP contribution in [0.25, 0.3) is 0 Å². The monoisotopic (exact) mass is 495 g/mol. The van der Waals surface area contributed by atoms with E-state index in [-0.39, 0.29) is 31.1 Å². The maximum absolute atomic E-state index is 13.6. The average molecular weight is 496 g/mol. The number of aryl methyl sites for hydroxylation is 2. The molecular weight excluding hydrogens is 466 g/mol. The Morgan fingerprint density at radius 1 is 1.03 bits per heavy atom. The number of furan rings is 1. The van der Waals surface area contributed by atoms with Gasteiger partial charge in [-0.1, -0.05) is 48.0 Å². The highest BCUT2D eigenvalue weighted by atomic mass is 32.2. The highest BCUT2D eigenvalue weighted by molar-refractivity contribution is 7.89. The zero-order chi connectivity index (χ0) is 25.2. The lowest BCUT2D eigenvalue weighted by Gasteiger charge is -2.46. The van der Waals surface area contributed by atoms with Gasteiger partial charge in [0.15, 0.2) is 0 Å². The van der Waals surface area contributed by atoms with Gasteiger partial charge >= 0.3 is 0 Å². The van der Waals surface area contributed by atoms with Crippen molar-refractivity contribution in [2.24, 2.45) is 0 Å². The van der Waals surface area contributed by atoms with Crippen molar-refractivity contribution in [2.45, 2.75) is 44.3 Å². The third kappa shape index (κ3) is 5.16. The van der Waals surface area contributed by atoms with Gasteiger partial charge < -0.3 is 14.6 Å². The van der Waals surface area contributed by atoms with Crippen LogP contribution in [0.1, 0.15) is 29.6 Å². The summed E-state index contributed by atoms with van der Waals surface area (Å²) in [5.74, 6) is 0.288. The Bertz CT molecular complexity index is 1320. The Morgan fingerprint density at radius 2 is 1.71 bits per heavy atom. The van der Waals surface area contributed by atoms with Crippen molar-refractivity contribution >= 4 is 21.8 Å². The molecule has 2 amide bonds. The highest BCUT2D eigenvalue weighted by Crippen LogP contribution is 2.29. The number of rotatable bonds is 7. The van der Waals surface area contributed by atoms with E-state index < -0.39 is 27.4 Å². The Kier molecular flexibility index (Phi) is 6.82. The second-order valence-electron chi connectivity index (χ2n) is 9.02. The summed E-state index contributed by atoms with van der Waals surface area (Å²) in [6.45, 7) is 5.13. The van der Waals surface area contributed by atoms with Crippen molar-refractivity contribution in [3.05, 3.63) is 89.4 Å². The molecule has 1 unspecified atom stereocenters. The minimum atomic E-state index is -3.98. The molecule has 0 bridgehead atoms. The first-order valence-electron chi connectivity index (χ1n) is 11.3. The van der Waals surface area contributed by atoms with Crippen LogP contribution in [0.3, 0.4) is 0 Å². The molecule has 9 heteroatoms. The summed E-state index contributed by atoms with van der Waals surface area (Å²) >= 11 is 0. The van der Waals surface area contributed by atoms with E-state index in [4.69, 9.17) is 4.42 Å². The van der Waals surface area contributed by atoms with Gasteiger partial charge in [-0.25, -0.2) is 8.42 Å². The summed E-state index contributed by atoms with van der Waals surface area (Å²) in [6.07, 6.45) is 0. The lowest BCUT2D eigenvalue weighted by Crippen LogP contribution is -2.69. The van der Waals surface area contributed by atoms with Gasteiger partial charge in [0.25, 0.3) is 0 Å². The molecule has 1 fully saturated rings. The summed E-state index contributed by atoms with van der Waals surface area (Å²) in [4.78, 5) is 28.4. The minimum absolute atomic E-state index is 0.0559. The Hall–Kier alpha value is -3.43. The fraction of sp³-hybridized carbons (Fsp3) is 0.308. The third-order valence-electron chi connectivity index (χ3n) is 6.25. The van der Waals surface area contributed by atoms with Gasteiger partial charge in [-0.05, 0) is 50.6 Å². The zero-order valence-corrected chi connectivity index (χ0v) is 20.8. The topological polar surface area (TPSA) is 99.9 Å². The van der Waals surface area contributed by atoms with Crippen LogP contribution in [-0.4, -0.2) is 48.1 Å². The van der Waals surface area contributed by atoms with Gasteiger partial charge in [0, 0.05) is 13.1 Å². The fourth-order valence-corrected chi connectivity index (χ4v) is 5.67. The van der Waals surface area contributed by atoms with E-state index in [1.165, 1.54) is 17.0 Å². The van der Waals surface area contributed by atoms with Crippen LogP contribution in [0.5, 0.6) is 0 Å². The van der Waals surface area contributed by atoms with Crippen molar-refractivity contribution in [3.63, 3.8) is 0 Å². The van der Waals surface area contributed by atoms with E-state index in [2.05, 4.69) is 5.32 Å². The number of sulfonamides is 1. The Balaban J connectivity index is 1.64. The largest absolute Gasteiger partial charge is 0.464 e. The van der Waals surface area contributed by atoms with Crippen molar-refractivity contribution in [2.75, 3.05) is 13.1 Å². The number of carbonyl (C=O) groups is 2. The predicted molar refractivity (Wildman–Crippen MR) is 131 cm³/mol. The predicted octanol–water partition coefficient (Wildman–Crippen LogP) is 3.00. The van der Waals surface area contributed by atoms with E-state index in [9.17, 15) is 18.0 Å². The van der Waals surface area contributed by atoms with E-state index in [0.29, 0.717) is 11.5 Å². The number of piperazine rings is 1. The molecule has 0 spiro atoms. The van der Waals surface area contributed by atoms with E-state index in [1.807, 2.05) is 31.2 Å². The van der Waals surface area contributed by atoms with Gasteiger partial charge in [0.05, 0.1) is 18.0 Å². The van der Waals surface area contributed by atoms with Gasteiger partial charge in [0.2, 0.25) is 21.8 Å². The minimum Gasteiger partial charge on any atom is -0.464 e. The molecule has 35 heavy (non-hydrogen) atoms.